The Morgan fingerprint density at radius 1 is 1.62 bits per heavy atom. The molecule has 3 N–H and O–H groups in total. The largest absolute Gasteiger partial charge is 0.378 e. The van der Waals surface area contributed by atoms with Crippen molar-refractivity contribution in [2.45, 2.75) is 12.1 Å². The van der Waals surface area contributed by atoms with Gasteiger partial charge in [0.05, 0.1) is 6.10 Å². The van der Waals surface area contributed by atoms with Gasteiger partial charge >= 0.3 is 0 Å². The van der Waals surface area contributed by atoms with E-state index in [1.54, 1.807) is 7.11 Å². The van der Waals surface area contributed by atoms with Gasteiger partial charge in [-0.05, 0) is 0 Å². The minimum absolute atomic E-state index is 0.194. The molecule has 8 heavy (non-hydrogen) atoms. The van der Waals surface area contributed by atoms with Gasteiger partial charge in [-0.2, -0.15) is 0 Å². The quantitative estimate of drug-likeness (QED) is 0.458. The molecule has 1 unspecified atom stereocenters. The zero-order valence-corrected chi connectivity index (χ0v) is 5.05. The topological polar surface area (TPSA) is 47.3 Å². The van der Waals surface area contributed by atoms with E-state index in [4.69, 9.17) is 10.5 Å². The molecule has 0 aromatic rings. The van der Waals surface area contributed by atoms with Crippen LogP contribution in [0.5, 0.6) is 0 Å². The number of hydrogen-bond acceptors (Lipinski definition) is 3. The third-order valence-electron chi connectivity index (χ3n) is 1.51. The highest BCUT2D eigenvalue weighted by atomic mass is 16.5. The Bertz CT molecular complexity index is 76.8. The van der Waals surface area contributed by atoms with E-state index >= 15 is 0 Å². The van der Waals surface area contributed by atoms with Crippen LogP contribution in [-0.2, 0) is 4.74 Å². The van der Waals surface area contributed by atoms with Gasteiger partial charge in [-0.3, -0.25) is 0 Å². The number of methoxy groups -OCH3 is 1. The van der Waals surface area contributed by atoms with Gasteiger partial charge in [-0.15, -0.1) is 0 Å². The van der Waals surface area contributed by atoms with Crippen molar-refractivity contribution < 1.29 is 4.74 Å². The van der Waals surface area contributed by atoms with Crippen molar-refractivity contribution in [3.05, 3.63) is 0 Å². The predicted molar refractivity (Wildman–Crippen MR) is 31.6 cm³/mol. The number of hydrogen-bond donors (Lipinski definition) is 2. The van der Waals surface area contributed by atoms with Gasteiger partial charge in [-0.1, -0.05) is 0 Å². The molecule has 0 saturated carbocycles. The molecule has 1 heterocycles. The highest BCUT2D eigenvalue weighted by molar-refractivity contribution is 4.84. The molecular formula is C5H12N2O. The second kappa shape index (κ2) is 2.44. The summed E-state index contributed by atoms with van der Waals surface area (Å²) in [5.74, 6) is 0. The molecule has 0 aromatic carbocycles. The van der Waals surface area contributed by atoms with Crippen molar-refractivity contribution in [3.63, 3.8) is 0 Å². The standard InChI is InChI=1S/C5H12N2O/c1-8-5-3-7-2-4(5)6/h4-5,7H,2-3,6H2,1H3/t4-,5?/m0/s1. The van der Waals surface area contributed by atoms with E-state index in [-0.39, 0.29) is 12.1 Å². The van der Waals surface area contributed by atoms with E-state index in [2.05, 4.69) is 5.32 Å². The van der Waals surface area contributed by atoms with E-state index in [0.29, 0.717) is 0 Å². The van der Waals surface area contributed by atoms with Crippen molar-refractivity contribution in [1.82, 2.24) is 5.32 Å². The first kappa shape index (κ1) is 6.01. The second-order valence-electron chi connectivity index (χ2n) is 2.10. The van der Waals surface area contributed by atoms with Crippen molar-refractivity contribution in [3.8, 4) is 0 Å². The molecular weight excluding hydrogens is 104 g/mol. The van der Waals surface area contributed by atoms with Crippen LogP contribution >= 0.6 is 0 Å². The van der Waals surface area contributed by atoms with Crippen LogP contribution < -0.4 is 11.1 Å². The summed E-state index contributed by atoms with van der Waals surface area (Å²) in [6, 6.07) is 0.194. The van der Waals surface area contributed by atoms with E-state index in [1.807, 2.05) is 0 Å². The first-order chi connectivity index (χ1) is 3.84. The highest BCUT2D eigenvalue weighted by Gasteiger charge is 2.22. The fraction of sp³-hybridized carbons (Fsp3) is 1.00. The summed E-state index contributed by atoms with van der Waals surface area (Å²) in [6.45, 7) is 1.79. The molecule has 0 bridgehead atoms. The van der Waals surface area contributed by atoms with E-state index in [1.165, 1.54) is 0 Å². The molecule has 1 aliphatic heterocycles. The summed E-state index contributed by atoms with van der Waals surface area (Å²) in [4.78, 5) is 0. The second-order valence-corrected chi connectivity index (χ2v) is 2.10. The Labute approximate surface area is 49.2 Å². The van der Waals surface area contributed by atoms with Crippen LogP contribution in [0.3, 0.4) is 0 Å². The lowest BCUT2D eigenvalue weighted by Crippen LogP contribution is -2.34. The minimum Gasteiger partial charge on any atom is -0.378 e. The van der Waals surface area contributed by atoms with E-state index in [0.717, 1.165) is 13.1 Å². The molecule has 3 heteroatoms. The molecule has 1 aliphatic rings. The summed E-state index contributed by atoms with van der Waals surface area (Å²) in [7, 11) is 1.69. The van der Waals surface area contributed by atoms with Gasteiger partial charge in [-0.25, -0.2) is 0 Å². The van der Waals surface area contributed by atoms with Crippen molar-refractivity contribution in [2.75, 3.05) is 20.2 Å². The van der Waals surface area contributed by atoms with E-state index < -0.39 is 0 Å². The molecule has 3 nitrogen and oxygen atoms in total. The third kappa shape index (κ3) is 0.992. The molecule has 48 valence electrons. The Hall–Kier alpha value is -0.120. The monoisotopic (exact) mass is 116 g/mol. The first-order valence-corrected chi connectivity index (χ1v) is 2.83. The van der Waals surface area contributed by atoms with Crippen molar-refractivity contribution in [1.29, 1.82) is 0 Å². The van der Waals surface area contributed by atoms with Crippen LogP contribution in [0.2, 0.25) is 0 Å². The van der Waals surface area contributed by atoms with Gasteiger partial charge in [0, 0.05) is 26.2 Å². The fourth-order valence-electron chi connectivity index (χ4n) is 0.933. The van der Waals surface area contributed by atoms with Crippen LogP contribution in [0.4, 0.5) is 0 Å². The summed E-state index contributed by atoms with van der Waals surface area (Å²) < 4.78 is 5.04. The third-order valence-corrected chi connectivity index (χ3v) is 1.51. The van der Waals surface area contributed by atoms with Crippen LogP contribution in [0, 0.1) is 0 Å². The van der Waals surface area contributed by atoms with Crippen molar-refractivity contribution in [2.24, 2.45) is 5.73 Å². The Balaban J connectivity index is 2.30. The molecule has 0 amide bonds. The van der Waals surface area contributed by atoms with Gasteiger partial charge < -0.3 is 15.8 Å². The Morgan fingerprint density at radius 2 is 2.38 bits per heavy atom. The van der Waals surface area contributed by atoms with Gasteiger partial charge in [0.15, 0.2) is 0 Å². The molecule has 0 aromatic heterocycles. The molecule has 0 radical (unpaired) electrons. The molecule has 0 aliphatic carbocycles. The van der Waals surface area contributed by atoms with Crippen molar-refractivity contribution >= 4 is 0 Å². The van der Waals surface area contributed by atoms with Gasteiger partial charge in [0.2, 0.25) is 0 Å². The Morgan fingerprint density at radius 3 is 2.62 bits per heavy atom. The average Bonchev–Trinajstić information content (AvgIpc) is 2.14. The van der Waals surface area contributed by atoms with Gasteiger partial charge in [0.1, 0.15) is 0 Å². The number of nitrogens with two attached hydrogens (primary N) is 1. The van der Waals surface area contributed by atoms with Crippen LogP contribution in [-0.4, -0.2) is 32.3 Å². The molecule has 1 rings (SSSR count). The smallest absolute Gasteiger partial charge is 0.0858 e. The molecule has 0 spiro atoms. The predicted octanol–water partition coefficient (Wildman–Crippen LogP) is -1.07. The minimum atomic E-state index is 0.194. The summed E-state index contributed by atoms with van der Waals surface area (Å²) in [5, 5.41) is 3.12. The average molecular weight is 116 g/mol. The number of nitrogens with one attached hydrogen (secondary N) is 1. The van der Waals surface area contributed by atoms with Gasteiger partial charge in [0.25, 0.3) is 0 Å². The number of rotatable bonds is 1. The lowest BCUT2D eigenvalue weighted by Gasteiger charge is -2.10. The molecule has 1 fully saturated rings. The normalized spacial score (nSPS) is 38.2. The van der Waals surface area contributed by atoms with Crippen LogP contribution in [0.1, 0.15) is 0 Å². The van der Waals surface area contributed by atoms with Crippen LogP contribution in [0.25, 0.3) is 0 Å². The van der Waals surface area contributed by atoms with E-state index in [9.17, 15) is 0 Å². The summed E-state index contributed by atoms with van der Waals surface area (Å²) in [5.41, 5.74) is 5.60. The zero-order chi connectivity index (χ0) is 5.98. The SMILES string of the molecule is COC1CNC[C@@H]1N. The molecule has 2 atom stereocenters. The zero-order valence-electron chi connectivity index (χ0n) is 5.05. The summed E-state index contributed by atoms with van der Waals surface area (Å²) >= 11 is 0. The first-order valence-electron chi connectivity index (χ1n) is 2.83. The summed E-state index contributed by atoms with van der Waals surface area (Å²) in [6.07, 6.45) is 0.231. The highest BCUT2D eigenvalue weighted by Crippen LogP contribution is 1.98. The lowest BCUT2D eigenvalue weighted by molar-refractivity contribution is 0.107. The lowest BCUT2D eigenvalue weighted by atomic mass is 10.2. The maximum atomic E-state index is 5.60. The molecule has 1 saturated heterocycles. The fourth-order valence-corrected chi connectivity index (χ4v) is 0.933. The number of ether oxygens (including phenoxy) is 1. The maximum Gasteiger partial charge on any atom is 0.0858 e. The maximum absolute atomic E-state index is 5.60. The van der Waals surface area contributed by atoms with Crippen LogP contribution in [0.15, 0.2) is 0 Å². The Kier molecular flexibility index (Phi) is 1.83.